The summed E-state index contributed by atoms with van der Waals surface area (Å²) in [4.78, 5) is 21.2. The normalized spacial score (nSPS) is 14.8. The molecule has 4 N–H and O–H groups in total. The Morgan fingerprint density at radius 1 is 1.50 bits per heavy atom. The Morgan fingerprint density at radius 3 is 2.29 bits per heavy atom. The molecule has 0 atom stereocenters. The first-order valence-corrected chi connectivity index (χ1v) is 5.48. The second-order valence-corrected chi connectivity index (χ2v) is 3.07. The van der Waals surface area contributed by atoms with Gasteiger partial charge in [-0.2, -0.15) is 0 Å². The van der Waals surface area contributed by atoms with Crippen LogP contribution < -0.4 is 19.4 Å². The van der Waals surface area contributed by atoms with E-state index < -0.39 is 14.8 Å². The topological polar surface area (TPSA) is 139 Å². The molecule has 14 heavy (non-hydrogen) atoms. The number of imide groups is 1. The summed E-state index contributed by atoms with van der Waals surface area (Å²) < 4.78 is 24.3. The van der Waals surface area contributed by atoms with Gasteiger partial charge in [0.1, 0.15) is 0 Å². The van der Waals surface area contributed by atoms with Crippen LogP contribution in [0.3, 0.4) is 0 Å². The summed E-state index contributed by atoms with van der Waals surface area (Å²) in [6.45, 7) is 0.395. The van der Waals surface area contributed by atoms with E-state index in [4.69, 9.17) is 18.3 Å². The Balaban J connectivity index is 0.000000364. The van der Waals surface area contributed by atoms with Crippen LogP contribution in [0, 0.1) is 14.8 Å². The molecule has 0 aromatic heterocycles. The lowest BCUT2D eigenvalue weighted by Gasteiger charge is -1.93. The summed E-state index contributed by atoms with van der Waals surface area (Å²) in [6, 6.07) is 0. The molecule has 0 aromatic rings. The standard InChI is InChI=1S/C6H8N2O2.BrHO3/c7-2-1-4-3-5(9)8-6(4)10;2-1(3)4/h3H,1-2,7H2,(H,8,9,10);2H. The van der Waals surface area contributed by atoms with Gasteiger partial charge >= 0.3 is 14.8 Å². The minimum absolute atomic E-state index is 0.310. The molecule has 0 aliphatic carbocycles. The highest BCUT2D eigenvalue weighted by atomic mass is 80.0. The number of amides is 2. The fraction of sp³-hybridized carbons (Fsp3) is 0.333. The van der Waals surface area contributed by atoms with Gasteiger partial charge in [-0.05, 0) is 17.2 Å². The maximum Gasteiger partial charge on any atom is 0.433 e. The molecule has 0 saturated carbocycles. The molecule has 0 bridgehead atoms. The van der Waals surface area contributed by atoms with E-state index in [1.165, 1.54) is 6.08 Å². The molecule has 1 heterocycles. The molecule has 0 unspecified atom stereocenters. The van der Waals surface area contributed by atoms with Crippen LogP contribution in [-0.2, 0) is 9.59 Å². The molecule has 0 aromatic carbocycles. The van der Waals surface area contributed by atoms with Crippen molar-refractivity contribution in [3.05, 3.63) is 11.6 Å². The minimum Gasteiger partial charge on any atom is -0.372 e. The number of nitrogens with one attached hydrogen (secondary N) is 1. The largest absolute Gasteiger partial charge is 0.433 e. The molecular weight excluding hydrogens is 260 g/mol. The fourth-order valence-electron chi connectivity index (χ4n) is 0.793. The van der Waals surface area contributed by atoms with Crippen molar-refractivity contribution in [2.24, 2.45) is 5.73 Å². The van der Waals surface area contributed by atoms with Crippen molar-refractivity contribution in [2.75, 3.05) is 6.54 Å². The third kappa shape index (κ3) is 5.78. The summed E-state index contributed by atoms with van der Waals surface area (Å²) >= 11 is -3.40. The number of carbonyl (C=O) groups excluding carboxylic acids is 2. The van der Waals surface area contributed by atoms with Crippen LogP contribution >= 0.6 is 0 Å². The lowest BCUT2D eigenvalue weighted by Crippen LogP contribution is -2.30. The Kier molecular flexibility index (Phi) is 6.25. The highest BCUT2D eigenvalue weighted by Gasteiger charge is 2.18. The summed E-state index contributed by atoms with van der Waals surface area (Å²) in [5.41, 5.74) is 5.66. The molecule has 1 aliphatic rings. The van der Waals surface area contributed by atoms with E-state index in [-0.39, 0.29) is 11.8 Å². The quantitative estimate of drug-likeness (QED) is 0.436. The van der Waals surface area contributed by atoms with E-state index in [2.05, 4.69) is 5.32 Å². The van der Waals surface area contributed by atoms with Crippen molar-refractivity contribution in [2.45, 2.75) is 6.42 Å². The van der Waals surface area contributed by atoms with Crippen molar-refractivity contribution in [1.29, 1.82) is 0 Å². The first-order chi connectivity index (χ1) is 6.47. The average molecular weight is 269 g/mol. The van der Waals surface area contributed by atoms with Gasteiger partial charge in [0.2, 0.25) is 0 Å². The third-order valence-corrected chi connectivity index (χ3v) is 1.25. The number of hydrogen-bond donors (Lipinski definition) is 3. The molecule has 0 radical (unpaired) electrons. The zero-order valence-corrected chi connectivity index (χ0v) is 8.61. The first-order valence-electron chi connectivity index (χ1n) is 3.48. The fourth-order valence-corrected chi connectivity index (χ4v) is 0.793. The van der Waals surface area contributed by atoms with Gasteiger partial charge in [-0.1, -0.05) is 0 Å². The zero-order valence-electron chi connectivity index (χ0n) is 7.03. The predicted molar refractivity (Wildman–Crippen MR) is 37.1 cm³/mol. The van der Waals surface area contributed by atoms with Crippen LogP contribution in [0.1, 0.15) is 6.42 Å². The zero-order chi connectivity index (χ0) is 11.1. The Morgan fingerprint density at radius 2 is 2.00 bits per heavy atom. The molecule has 0 saturated heterocycles. The number of nitrogens with two attached hydrogens (primary N) is 1. The number of halogens is 1. The average Bonchev–Trinajstić information content (AvgIpc) is 2.30. The maximum atomic E-state index is 10.7. The van der Waals surface area contributed by atoms with Gasteiger partial charge < -0.3 is 14.1 Å². The van der Waals surface area contributed by atoms with Crippen LogP contribution in [-0.4, -0.2) is 22.6 Å². The van der Waals surface area contributed by atoms with Crippen molar-refractivity contribution in [1.82, 2.24) is 5.32 Å². The van der Waals surface area contributed by atoms with E-state index >= 15 is 0 Å². The smallest absolute Gasteiger partial charge is 0.372 e. The molecule has 0 fully saturated rings. The van der Waals surface area contributed by atoms with Crippen molar-refractivity contribution >= 4 is 11.8 Å². The monoisotopic (exact) mass is 268 g/mol. The van der Waals surface area contributed by atoms with E-state index in [1.54, 1.807) is 0 Å². The Hall–Kier alpha value is -0.800. The molecule has 8 heteroatoms. The second-order valence-electron chi connectivity index (χ2n) is 2.23. The van der Waals surface area contributed by atoms with Gasteiger partial charge in [0.25, 0.3) is 11.8 Å². The Bertz CT molecular complexity index is 250. The van der Waals surface area contributed by atoms with Gasteiger partial charge in [-0.3, -0.25) is 14.9 Å². The van der Waals surface area contributed by atoms with Gasteiger partial charge in [0.05, 0.1) is 0 Å². The van der Waals surface area contributed by atoms with Crippen LogP contribution in [0.25, 0.3) is 0 Å². The van der Waals surface area contributed by atoms with E-state index in [9.17, 15) is 9.59 Å². The van der Waals surface area contributed by atoms with Crippen molar-refractivity contribution < 1.29 is 37.0 Å². The summed E-state index contributed by atoms with van der Waals surface area (Å²) in [5, 5.41) is 2.13. The van der Waals surface area contributed by atoms with Crippen LogP contribution in [0.4, 0.5) is 0 Å². The van der Waals surface area contributed by atoms with E-state index in [1.807, 2.05) is 0 Å². The van der Waals surface area contributed by atoms with Crippen LogP contribution in [0.5, 0.6) is 0 Å². The minimum atomic E-state index is -3.40. The summed E-state index contributed by atoms with van der Waals surface area (Å²) in [6.07, 6.45) is 1.76. The lowest BCUT2D eigenvalue weighted by atomic mass is 10.2. The molecular formula is C6H9BrN2O5. The molecule has 80 valence electrons. The second kappa shape index (κ2) is 6.62. The van der Waals surface area contributed by atoms with Gasteiger partial charge in [0.15, 0.2) is 0 Å². The van der Waals surface area contributed by atoms with Crippen molar-refractivity contribution in [3.63, 3.8) is 0 Å². The molecule has 0 spiro atoms. The van der Waals surface area contributed by atoms with Gasteiger partial charge in [-0.15, -0.1) is 0 Å². The van der Waals surface area contributed by atoms with Gasteiger partial charge in [-0.25, -0.2) is 0 Å². The first kappa shape index (κ1) is 13.2. The predicted octanol–water partition coefficient (Wildman–Crippen LogP) is -4.02. The number of rotatable bonds is 2. The molecule has 1 rings (SSSR count). The number of carbonyl (C=O) groups is 2. The highest BCUT2D eigenvalue weighted by molar-refractivity contribution is 6.16. The molecule has 1 aliphatic heterocycles. The summed E-state index contributed by atoms with van der Waals surface area (Å²) in [5.74, 6) is -0.649. The lowest BCUT2D eigenvalue weighted by molar-refractivity contribution is -1.63. The Labute approximate surface area is 85.0 Å². The third-order valence-electron chi connectivity index (χ3n) is 1.25. The number of hydrogen-bond acceptors (Lipinski definition) is 6. The summed E-state index contributed by atoms with van der Waals surface area (Å²) in [7, 11) is 0. The van der Waals surface area contributed by atoms with Gasteiger partial charge in [0, 0.05) is 11.6 Å². The SMILES string of the molecule is NCCC1=CC(=O)NC1=O.[O-][Br+2]([O-])O. The van der Waals surface area contributed by atoms with E-state index in [0.717, 1.165) is 0 Å². The van der Waals surface area contributed by atoms with Crippen LogP contribution in [0.15, 0.2) is 11.6 Å². The molecule has 7 nitrogen and oxygen atoms in total. The van der Waals surface area contributed by atoms with Crippen LogP contribution in [0.2, 0.25) is 0 Å². The molecule has 2 amide bonds. The maximum absolute atomic E-state index is 10.7. The highest BCUT2D eigenvalue weighted by Crippen LogP contribution is 2.04. The van der Waals surface area contributed by atoms with Crippen molar-refractivity contribution in [3.8, 4) is 0 Å². The van der Waals surface area contributed by atoms with E-state index in [0.29, 0.717) is 18.5 Å².